The van der Waals surface area contributed by atoms with Crippen LogP contribution in [0, 0.1) is 6.92 Å². The molecule has 0 aliphatic rings. The van der Waals surface area contributed by atoms with Gasteiger partial charge in [-0.1, -0.05) is 0 Å². The Morgan fingerprint density at radius 3 is 2.93 bits per heavy atom. The average molecular weight is 210 g/mol. The highest BCUT2D eigenvalue weighted by Crippen LogP contribution is 2.13. The first kappa shape index (κ1) is 11.3. The van der Waals surface area contributed by atoms with Gasteiger partial charge in [-0.05, 0) is 12.5 Å². The fraction of sp³-hybridized carbons (Fsp3) is 0.333. The van der Waals surface area contributed by atoms with Crippen LogP contribution < -0.4 is 16.8 Å². The van der Waals surface area contributed by atoms with Crippen molar-refractivity contribution in [2.45, 2.75) is 13.0 Å². The molecular formula is C9H14N4O2. The molecule has 6 nitrogen and oxygen atoms in total. The molecule has 1 atom stereocenters. The molecule has 82 valence electrons. The Labute approximate surface area is 87.3 Å². The lowest BCUT2D eigenvalue weighted by Gasteiger charge is -2.09. The Morgan fingerprint density at radius 2 is 2.40 bits per heavy atom. The van der Waals surface area contributed by atoms with E-state index in [-0.39, 0.29) is 6.54 Å². The smallest absolute Gasteiger partial charge is 0.248 e. The van der Waals surface area contributed by atoms with Crippen LogP contribution in [0.3, 0.4) is 0 Å². The molecule has 1 rings (SSSR count). The maximum atomic E-state index is 10.5. The number of carbonyl (C=O) groups excluding carboxylic acids is 1. The number of nitrogens with two attached hydrogens (primary N) is 2. The van der Waals surface area contributed by atoms with E-state index in [1.807, 2.05) is 6.92 Å². The van der Waals surface area contributed by atoms with E-state index in [4.69, 9.17) is 16.6 Å². The van der Waals surface area contributed by atoms with E-state index in [0.717, 1.165) is 5.56 Å². The van der Waals surface area contributed by atoms with Crippen molar-refractivity contribution in [1.29, 1.82) is 0 Å². The number of amides is 1. The van der Waals surface area contributed by atoms with Gasteiger partial charge in [0.1, 0.15) is 11.9 Å². The highest BCUT2D eigenvalue weighted by atomic mass is 16.3. The van der Waals surface area contributed by atoms with Crippen LogP contribution in [0.2, 0.25) is 0 Å². The molecule has 1 unspecified atom stereocenters. The fourth-order valence-corrected chi connectivity index (χ4v) is 0.938. The van der Waals surface area contributed by atoms with Gasteiger partial charge < -0.3 is 21.9 Å². The van der Waals surface area contributed by atoms with Gasteiger partial charge in [0.05, 0.1) is 6.54 Å². The first-order valence-electron chi connectivity index (χ1n) is 4.44. The lowest BCUT2D eigenvalue weighted by atomic mass is 10.2. The molecule has 1 aromatic heterocycles. The van der Waals surface area contributed by atoms with Gasteiger partial charge in [0.15, 0.2) is 0 Å². The van der Waals surface area contributed by atoms with Gasteiger partial charge in [-0.2, -0.15) is 0 Å². The number of aliphatic hydroxyl groups excluding tert-OH is 1. The third-order valence-electron chi connectivity index (χ3n) is 1.95. The molecule has 6 heteroatoms. The van der Waals surface area contributed by atoms with Gasteiger partial charge in [0, 0.05) is 18.0 Å². The van der Waals surface area contributed by atoms with Crippen molar-refractivity contribution in [2.24, 2.45) is 5.73 Å². The van der Waals surface area contributed by atoms with Crippen molar-refractivity contribution < 1.29 is 9.90 Å². The minimum atomic E-state index is -1.23. The third kappa shape index (κ3) is 3.10. The number of carbonyl (C=O) groups is 1. The van der Waals surface area contributed by atoms with E-state index in [9.17, 15) is 4.79 Å². The summed E-state index contributed by atoms with van der Waals surface area (Å²) in [5.41, 5.74) is 12.0. The first-order chi connectivity index (χ1) is 7.00. The van der Waals surface area contributed by atoms with Crippen LogP contribution in [0.5, 0.6) is 0 Å². The Morgan fingerprint density at radius 1 is 1.73 bits per heavy atom. The first-order valence-corrected chi connectivity index (χ1v) is 4.44. The molecular weight excluding hydrogens is 196 g/mol. The zero-order valence-electron chi connectivity index (χ0n) is 8.40. The number of nitrogen functional groups attached to an aromatic ring is 1. The number of primary amides is 1. The van der Waals surface area contributed by atoms with Crippen LogP contribution in [-0.2, 0) is 4.79 Å². The normalized spacial score (nSPS) is 12.1. The largest absolute Gasteiger partial charge is 0.398 e. The molecule has 0 bridgehead atoms. The number of aliphatic hydroxyl groups is 1. The van der Waals surface area contributed by atoms with Gasteiger partial charge in [-0.15, -0.1) is 0 Å². The highest BCUT2D eigenvalue weighted by Gasteiger charge is 2.10. The molecule has 0 aliphatic heterocycles. The van der Waals surface area contributed by atoms with Gasteiger partial charge >= 0.3 is 0 Å². The zero-order chi connectivity index (χ0) is 11.4. The van der Waals surface area contributed by atoms with Crippen LogP contribution in [0.4, 0.5) is 11.5 Å². The summed E-state index contributed by atoms with van der Waals surface area (Å²) in [6.07, 6.45) is 0.378. The second-order valence-corrected chi connectivity index (χ2v) is 3.23. The predicted molar refractivity (Wildman–Crippen MR) is 57.1 cm³/mol. The summed E-state index contributed by atoms with van der Waals surface area (Å²) in [6.45, 7) is 1.86. The summed E-state index contributed by atoms with van der Waals surface area (Å²) >= 11 is 0. The third-order valence-corrected chi connectivity index (χ3v) is 1.95. The second-order valence-electron chi connectivity index (χ2n) is 3.23. The number of pyridine rings is 1. The van der Waals surface area contributed by atoms with Crippen LogP contribution in [0.25, 0.3) is 0 Å². The topological polar surface area (TPSA) is 114 Å². The maximum absolute atomic E-state index is 10.5. The molecule has 1 aromatic rings. The van der Waals surface area contributed by atoms with Crippen molar-refractivity contribution in [3.8, 4) is 0 Å². The number of aromatic nitrogens is 1. The molecule has 0 spiro atoms. The van der Waals surface area contributed by atoms with Crippen molar-refractivity contribution in [1.82, 2.24) is 4.98 Å². The van der Waals surface area contributed by atoms with E-state index in [1.165, 1.54) is 0 Å². The summed E-state index contributed by atoms with van der Waals surface area (Å²) in [4.78, 5) is 14.5. The number of anilines is 2. The predicted octanol–water partition coefficient (Wildman–Crippen LogP) is -0.770. The summed E-state index contributed by atoms with van der Waals surface area (Å²) in [7, 11) is 0. The Kier molecular flexibility index (Phi) is 3.46. The quantitative estimate of drug-likeness (QED) is 0.521. The SMILES string of the molecule is Cc1cnc(NCC(O)C(N)=O)cc1N. The highest BCUT2D eigenvalue weighted by molar-refractivity contribution is 5.79. The van der Waals surface area contributed by atoms with Crippen LogP contribution in [0.1, 0.15) is 5.56 Å². The average Bonchev–Trinajstić information content (AvgIpc) is 2.19. The lowest BCUT2D eigenvalue weighted by molar-refractivity contribution is -0.125. The number of nitrogens with zero attached hydrogens (tertiary/aromatic N) is 1. The molecule has 6 N–H and O–H groups in total. The van der Waals surface area contributed by atoms with Crippen molar-refractivity contribution in [3.05, 3.63) is 17.8 Å². The van der Waals surface area contributed by atoms with E-state index >= 15 is 0 Å². The molecule has 1 amide bonds. The zero-order valence-corrected chi connectivity index (χ0v) is 8.40. The number of nitrogens with one attached hydrogen (secondary N) is 1. The van der Waals surface area contributed by atoms with Crippen molar-refractivity contribution in [3.63, 3.8) is 0 Å². The van der Waals surface area contributed by atoms with Crippen LogP contribution >= 0.6 is 0 Å². The van der Waals surface area contributed by atoms with Crippen molar-refractivity contribution >= 4 is 17.4 Å². The second kappa shape index (κ2) is 4.61. The number of aryl methyl sites for hydroxylation is 1. The van der Waals surface area contributed by atoms with Crippen LogP contribution in [-0.4, -0.2) is 28.6 Å². The summed E-state index contributed by atoms with van der Waals surface area (Å²) < 4.78 is 0. The fourth-order valence-electron chi connectivity index (χ4n) is 0.938. The van der Waals surface area contributed by atoms with Gasteiger partial charge in [0.25, 0.3) is 0 Å². The Hall–Kier alpha value is -1.82. The van der Waals surface area contributed by atoms with Gasteiger partial charge in [-0.25, -0.2) is 4.98 Å². The molecule has 0 aromatic carbocycles. The van der Waals surface area contributed by atoms with Gasteiger partial charge in [-0.3, -0.25) is 4.79 Å². The van der Waals surface area contributed by atoms with E-state index in [2.05, 4.69) is 10.3 Å². The van der Waals surface area contributed by atoms with E-state index < -0.39 is 12.0 Å². The maximum Gasteiger partial charge on any atom is 0.248 e. The Balaban J connectivity index is 2.58. The summed E-state index contributed by atoms with van der Waals surface area (Å²) in [5, 5.41) is 11.9. The molecule has 0 aliphatic carbocycles. The molecule has 15 heavy (non-hydrogen) atoms. The standard InChI is InChI=1S/C9H14N4O2/c1-5-3-12-8(2-6(5)10)13-4-7(14)9(11)15/h2-3,7,14H,4H2,1H3,(H2,11,15)(H3,10,12,13). The number of hydrogen-bond acceptors (Lipinski definition) is 5. The van der Waals surface area contributed by atoms with E-state index in [1.54, 1.807) is 12.3 Å². The monoisotopic (exact) mass is 210 g/mol. The summed E-state index contributed by atoms with van der Waals surface area (Å²) in [6, 6.07) is 1.63. The number of hydrogen-bond donors (Lipinski definition) is 4. The summed E-state index contributed by atoms with van der Waals surface area (Å²) in [5.74, 6) is -0.277. The minimum Gasteiger partial charge on any atom is -0.398 e. The lowest BCUT2D eigenvalue weighted by Crippen LogP contribution is -2.34. The molecule has 0 saturated heterocycles. The van der Waals surface area contributed by atoms with E-state index in [0.29, 0.717) is 11.5 Å². The van der Waals surface area contributed by atoms with Crippen LogP contribution in [0.15, 0.2) is 12.3 Å². The molecule has 0 radical (unpaired) electrons. The number of rotatable bonds is 4. The molecule has 1 heterocycles. The molecule has 0 saturated carbocycles. The Bertz CT molecular complexity index is 367. The molecule has 0 fully saturated rings. The van der Waals surface area contributed by atoms with Gasteiger partial charge in [0.2, 0.25) is 5.91 Å². The minimum absolute atomic E-state index is 0.0187. The van der Waals surface area contributed by atoms with Crippen molar-refractivity contribution in [2.75, 3.05) is 17.6 Å².